The van der Waals surface area contributed by atoms with Crippen LogP contribution in [0.15, 0.2) is 60.9 Å². The van der Waals surface area contributed by atoms with Crippen molar-refractivity contribution in [1.29, 1.82) is 0 Å². The maximum absolute atomic E-state index is 12.8. The number of aromatic nitrogens is 2. The molecule has 196 valence electrons. The number of carbonyl (C=O) groups excluding carboxylic acids is 1. The Hall–Kier alpha value is -3.49. The Bertz CT molecular complexity index is 1200. The molecule has 2 aromatic carbocycles. The van der Waals surface area contributed by atoms with Gasteiger partial charge in [-0.3, -0.25) is 9.69 Å². The molecular weight excluding hydrogens is 466 g/mol. The number of fused-ring (bicyclic) bond motifs is 1. The molecule has 2 N–H and O–H groups in total. The summed E-state index contributed by atoms with van der Waals surface area (Å²) < 4.78 is 11.3. The molecule has 0 aliphatic heterocycles. The standard InChI is InChI=1S/C29H37N5O3/c1-4-34(15-16-36-3)14-8-11-28(35)33-26-17-24-25(18-27(26)37-19-22-12-13-22)30-20-31-29(24)32-21(2)23-9-6-5-7-10-23/h5-11,17-18,20-22H,4,12-16,19H2,1-3H3,(H,33,35)(H,30,31,32)/b11-8+/t21-/m1/s1. The minimum absolute atomic E-state index is 0.0469. The summed E-state index contributed by atoms with van der Waals surface area (Å²) in [7, 11) is 1.69. The van der Waals surface area contributed by atoms with Gasteiger partial charge in [-0.25, -0.2) is 9.97 Å². The molecule has 0 bridgehead atoms. The lowest BCUT2D eigenvalue weighted by Crippen LogP contribution is -2.27. The molecule has 1 amide bonds. The number of hydrogen-bond acceptors (Lipinski definition) is 7. The second-order valence-electron chi connectivity index (χ2n) is 9.40. The number of likely N-dealkylation sites (N-methyl/N-ethyl adjacent to an activating group) is 1. The highest BCUT2D eigenvalue weighted by Crippen LogP contribution is 2.36. The van der Waals surface area contributed by atoms with Crippen LogP contribution in [0, 0.1) is 5.92 Å². The number of ether oxygens (including phenoxy) is 2. The third kappa shape index (κ3) is 7.74. The van der Waals surface area contributed by atoms with Gasteiger partial charge in [0.1, 0.15) is 17.9 Å². The van der Waals surface area contributed by atoms with E-state index in [1.807, 2.05) is 36.4 Å². The Balaban J connectivity index is 1.54. The summed E-state index contributed by atoms with van der Waals surface area (Å²) in [5.74, 6) is 1.71. The molecule has 1 aliphatic rings. The van der Waals surface area contributed by atoms with Crippen LogP contribution in [-0.2, 0) is 9.53 Å². The van der Waals surface area contributed by atoms with Gasteiger partial charge in [0.25, 0.3) is 0 Å². The Morgan fingerprint density at radius 3 is 2.76 bits per heavy atom. The average Bonchev–Trinajstić information content (AvgIpc) is 3.75. The molecule has 1 aliphatic carbocycles. The van der Waals surface area contributed by atoms with Crippen LogP contribution in [-0.4, -0.2) is 60.7 Å². The quantitative estimate of drug-likeness (QED) is 0.298. The van der Waals surface area contributed by atoms with Gasteiger partial charge in [-0.2, -0.15) is 0 Å². The molecule has 1 aromatic heterocycles. The molecule has 1 saturated carbocycles. The van der Waals surface area contributed by atoms with Crippen molar-refractivity contribution in [1.82, 2.24) is 14.9 Å². The third-order valence-corrected chi connectivity index (χ3v) is 6.51. The molecule has 0 unspecified atom stereocenters. The van der Waals surface area contributed by atoms with Crippen LogP contribution < -0.4 is 15.4 Å². The van der Waals surface area contributed by atoms with E-state index < -0.39 is 0 Å². The number of nitrogens with zero attached hydrogens (tertiary/aromatic N) is 3. The first-order chi connectivity index (χ1) is 18.1. The van der Waals surface area contributed by atoms with Crippen molar-refractivity contribution >= 4 is 28.3 Å². The summed E-state index contributed by atoms with van der Waals surface area (Å²) in [4.78, 5) is 24.0. The number of anilines is 2. The highest BCUT2D eigenvalue weighted by molar-refractivity contribution is 6.03. The maximum Gasteiger partial charge on any atom is 0.248 e. The lowest BCUT2D eigenvalue weighted by molar-refractivity contribution is -0.111. The fourth-order valence-electron chi connectivity index (χ4n) is 4.02. The van der Waals surface area contributed by atoms with Crippen LogP contribution in [0.2, 0.25) is 0 Å². The van der Waals surface area contributed by atoms with E-state index in [2.05, 4.69) is 51.5 Å². The predicted molar refractivity (Wildman–Crippen MR) is 148 cm³/mol. The van der Waals surface area contributed by atoms with Crippen LogP contribution in [0.3, 0.4) is 0 Å². The predicted octanol–water partition coefficient (Wildman–Crippen LogP) is 5.05. The Morgan fingerprint density at radius 1 is 1.22 bits per heavy atom. The summed E-state index contributed by atoms with van der Waals surface area (Å²) in [6, 6.07) is 14.0. The number of hydrogen-bond donors (Lipinski definition) is 2. The van der Waals surface area contributed by atoms with Gasteiger partial charge < -0.3 is 20.1 Å². The molecule has 3 aromatic rings. The molecule has 0 radical (unpaired) electrons. The van der Waals surface area contributed by atoms with Gasteiger partial charge in [-0.1, -0.05) is 43.3 Å². The Kier molecular flexibility index (Phi) is 9.46. The number of nitrogens with one attached hydrogen (secondary N) is 2. The van der Waals surface area contributed by atoms with Crippen molar-refractivity contribution in [3.8, 4) is 5.75 Å². The molecule has 0 saturated heterocycles. The lowest BCUT2D eigenvalue weighted by Gasteiger charge is -2.18. The van der Waals surface area contributed by atoms with Crippen molar-refractivity contribution in [3.63, 3.8) is 0 Å². The number of carbonyl (C=O) groups is 1. The van der Waals surface area contributed by atoms with Gasteiger partial charge in [-0.15, -0.1) is 0 Å². The van der Waals surface area contributed by atoms with Gasteiger partial charge in [0, 0.05) is 43.8 Å². The largest absolute Gasteiger partial charge is 0.491 e. The summed E-state index contributed by atoms with van der Waals surface area (Å²) in [5, 5.41) is 7.33. The molecule has 8 nitrogen and oxygen atoms in total. The molecule has 1 heterocycles. The van der Waals surface area contributed by atoms with E-state index in [1.54, 1.807) is 19.5 Å². The van der Waals surface area contributed by atoms with Crippen LogP contribution in [0.25, 0.3) is 10.9 Å². The van der Waals surface area contributed by atoms with Crippen molar-refractivity contribution in [3.05, 3.63) is 66.5 Å². The van der Waals surface area contributed by atoms with E-state index in [0.717, 1.165) is 29.6 Å². The van der Waals surface area contributed by atoms with Crippen molar-refractivity contribution in [2.24, 2.45) is 5.92 Å². The Labute approximate surface area is 219 Å². The first-order valence-electron chi connectivity index (χ1n) is 13.0. The fraction of sp³-hybridized carbons (Fsp3) is 0.414. The minimum atomic E-state index is -0.206. The van der Waals surface area contributed by atoms with Gasteiger partial charge in [-0.05, 0) is 43.9 Å². The zero-order valence-corrected chi connectivity index (χ0v) is 21.9. The van der Waals surface area contributed by atoms with Crippen LogP contribution in [0.1, 0.15) is 38.3 Å². The first kappa shape index (κ1) is 26.6. The summed E-state index contributed by atoms with van der Waals surface area (Å²) in [6.07, 6.45) is 7.36. The minimum Gasteiger partial charge on any atom is -0.491 e. The van der Waals surface area contributed by atoms with E-state index in [9.17, 15) is 4.79 Å². The second-order valence-corrected chi connectivity index (χ2v) is 9.40. The topological polar surface area (TPSA) is 88.6 Å². The number of amides is 1. The maximum atomic E-state index is 12.8. The molecule has 1 atom stereocenters. The SMILES string of the molecule is CCN(C/C=C/C(=O)Nc1cc2c(N[C@H](C)c3ccccc3)ncnc2cc1OCC1CC1)CCOC. The monoisotopic (exact) mass is 503 g/mol. The Morgan fingerprint density at radius 2 is 2.03 bits per heavy atom. The molecular formula is C29H37N5O3. The zero-order chi connectivity index (χ0) is 26.0. The molecule has 37 heavy (non-hydrogen) atoms. The van der Waals surface area contributed by atoms with Gasteiger partial charge in [0.15, 0.2) is 0 Å². The number of benzene rings is 2. The molecule has 1 fully saturated rings. The number of rotatable bonds is 14. The third-order valence-electron chi connectivity index (χ3n) is 6.51. The number of methoxy groups -OCH3 is 1. The molecule has 0 spiro atoms. The van der Waals surface area contributed by atoms with Crippen molar-refractivity contribution < 1.29 is 14.3 Å². The van der Waals surface area contributed by atoms with Crippen molar-refractivity contribution in [2.75, 3.05) is 50.6 Å². The zero-order valence-electron chi connectivity index (χ0n) is 21.9. The van der Waals surface area contributed by atoms with Gasteiger partial charge in [0.2, 0.25) is 5.91 Å². The van der Waals surface area contributed by atoms with E-state index in [4.69, 9.17) is 9.47 Å². The van der Waals surface area contributed by atoms with Crippen molar-refractivity contribution in [2.45, 2.75) is 32.7 Å². The molecule has 8 heteroatoms. The summed E-state index contributed by atoms with van der Waals surface area (Å²) in [5.41, 5.74) is 2.53. The van der Waals surface area contributed by atoms with Crippen LogP contribution in [0.5, 0.6) is 5.75 Å². The normalized spacial score (nSPS) is 14.3. The smallest absolute Gasteiger partial charge is 0.248 e. The van der Waals surface area contributed by atoms with E-state index in [1.165, 1.54) is 12.8 Å². The second kappa shape index (κ2) is 13.2. The van der Waals surface area contributed by atoms with E-state index in [0.29, 0.717) is 42.9 Å². The summed E-state index contributed by atoms with van der Waals surface area (Å²) in [6.45, 7) is 7.86. The summed E-state index contributed by atoms with van der Waals surface area (Å²) >= 11 is 0. The van der Waals surface area contributed by atoms with E-state index in [-0.39, 0.29) is 11.9 Å². The van der Waals surface area contributed by atoms with Crippen LogP contribution in [0.4, 0.5) is 11.5 Å². The van der Waals surface area contributed by atoms with Crippen LogP contribution >= 0.6 is 0 Å². The highest BCUT2D eigenvalue weighted by atomic mass is 16.5. The lowest BCUT2D eigenvalue weighted by atomic mass is 10.1. The fourth-order valence-corrected chi connectivity index (χ4v) is 4.02. The first-order valence-corrected chi connectivity index (χ1v) is 13.0. The van der Waals surface area contributed by atoms with Gasteiger partial charge in [0.05, 0.1) is 24.4 Å². The molecule has 4 rings (SSSR count). The average molecular weight is 504 g/mol. The van der Waals surface area contributed by atoms with E-state index >= 15 is 0 Å². The van der Waals surface area contributed by atoms with Gasteiger partial charge >= 0.3 is 0 Å². The highest BCUT2D eigenvalue weighted by Gasteiger charge is 2.23.